The van der Waals surface area contributed by atoms with Crippen molar-refractivity contribution < 1.29 is 0 Å². The molecule has 0 atom stereocenters. The molecule has 0 unspecified atom stereocenters. The summed E-state index contributed by atoms with van der Waals surface area (Å²) in [6.45, 7) is 5.39. The molecule has 2 nitrogen and oxygen atoms in total. The standard InChI is InChI=1S/C13H16N2/c1-2-6-15-9-11-8-14-7-10-4-3-5-12(15)13(10)11/h3-5,9,14H,2,6-8H2,1H3. The molecule has 0 spiro atoms. The van der Waals surface area contributed by atoms with Gasteiger partial charge in [0.1, 0.15) is 0 Å². The van der Waals surface area contributed by atoms with E-state index in [1.54, 1.807) is 0 Å². The molecule has 2 heterocycles. The van der Waals surface area contributed by atoms with Gasteiger partial charge in [0, 0.05) is 36.7 Å². The van der Waals surface area contributed by atoms with Crippen LogP contribution in [0.3, 0.4) is 0 Å². The number of benzene rings is 1. The largest absolute Gasteiger partial charge is 0.347 e. The lowest BCUT2D eigenvalue weighted by Crippen LogP contribution is -2.16. The Labute approximate surface area is 89.9 Å². The molecular formula is C13H16N2. The molecule has 0 saturated heterocycles. The molecule has 0 amide bonds. The van der Waals surface area contributed by atoms with Crippen molar-refractivity contribution in [2.75, 3.05) is 0 Å². The van der Waals surface area contributed by atoms with Crippen LogP contribution in [0.2, 0.25) is 0 Å². The van der Waals surface area contributed by atoms with Crippen molar-refractivity contribution in [3.8, 4) is 0 Å². The van der Waals surface area contributed by atoms with Gasteiger partial charge in [-0.2, -0.15) is 0 Å². The Morgan fingerprint density at radius 1 is 1.27 bits per heavy atom. The summed E-state index contributed by atoms with van der Waals surface area (Å²) < 4.78 is 2.39. The number of aryl methyl sites for hydroxylation is 1. The van der Waals surface area contributed by atoms with Crippen LogP contribution in [0, 0.1) is 0 Å². The van der Waals surface area contributed by atoms with Crippen LogP contribution in [0.5, 0.6) is 0 Å². The molecule has 3 rings (SSSR count). The van der Waals surface area contributed by atoms with E-state index in [0.29, 0.717) is 0 Å². The van der Waals surface area contributed by atoms with Crippen LogP contribution in [0.25, 0.3) is 10.9 Å². The fourth-order valence-electron chi connectivity index (χ4n) is 2.56. The molecule has 2 aromatic rings. The van der Waals surface area contributed by atoms with E-state index in [-0.39, 0.29) is 0 Å². The van der Waals surface area contributed by atoms with Gasteiger partial charge < -0.3 is 9.88 Å². The van der Waals surface area contributed by atoms with Crippen molar-refractivity contribution in [1.82, 2.24) is 9.88 Å². The SMILES string of the molecule is CCCn1cc2c3c(cccc31)CNC2. The third-order valence-corrected chi connectivity index (χ3v) is 3.17. The van der Waals surface area contributed by atoms with Crippen molar-refractivity contribution in [2.24, 2.45) is 0 Å². The van der Waals surface area contributed by atoms with E-state index in [1.807, 2.05) is 0 Å². The van der Waals surface area contributed by atoms with Gasteiger partial charge in [0.05, 0.1) is 0 Å². The Morgan fingerprint density at radius 2 is 2.13 bits per heavy atom. The van der Waals surface area contributed by atoms with Gasteiger partial charge in [-0.1, -0.05) is 19.1 Å². The molecule has 15 heavy (non-hydrogen) atoms. The van der Waals surface area contributed by atoms with Gasteiger partial charge in [0.2, 0.25) is 0 Å². The minimum atomic E-state index is 1.01. The monoisotopic (exact) mass is 200 g/mol. The maximum Gasteiger partial charge on any atom is 0.0486 e. The number of nitrogens with one attached hydrogen (secondary N) is 1. The highest BCUT2D eigenvalue weighted by Gasteiger charge is 2.14. The van der Waals surface area contributed by atoms with Crippen molar-refractivity contribution in [3.63, 3.8) is 0 Å². The van der Waals surface area contributed by atoms with Crippen molar-refractivity contribution in [1.29, 1.82) is 0 Å². The van der Waals surface area contributed by atoms with Crippen molar-refractivity contribution in [2.45, 2.75) is 33.0 Å². The molecule has 1 aliphatic rings. The van der Waals surface area contributed by atoms with E-state index in [2.05, 4.69) is 41.2 Å². The quantitative estimate of drug-likeness (QED) is 0.788. The number of hydrogen-bond donors (Lipinski definition) is 1. The number of aromatic nitrogens is 1. The summed E-state index contributed by atoms with van der Waals surface area (Å²) in [6.07, 6.45) is 3.50. The fraction of sp³-hybridized carbons (Fsp3) is 0.385. The Morgan fingerprint density at radius 3 is 3.00 bits per heavy atom. The lowest BCUT2D eigenvalue weighted by atomic mass is 10.0. The van der Waals surface area contributed by atoms with Crippen molar-refractivity contribution in [3.05, 3.63) is 35.5 Å². The van der Waals surface area contributed by atoms with Gasteiger partial charge >= 0.3 is 0 Å². The Balaban J connectivity index is 2.29. The molecule has 0 fully saturated rings. The van der Waals surface area contributed by atoms with Crippen LogP contribution in [0.4, 0.5) is 0 Å². The maximum atomic E-state index is 3.44. The zero-order valence-corrected chi connectivity index (χ0v) is 9.09. The third-order valence-electron chi connectivity index (χ3n) is 3.17. The van der Waals surface area contributed by atoms with Crippen LogP contribution in [0.1, 0.15) is 24.5 Å². The second-order valence-corrected chi connectivity index (χ2v) is 4.26. The molecular weight excluding hydrogens is 184 g/mol. The van der Waals surface area contributed by atoms with Crippen LogP contribution in [-0.4, -0.2) is 4.57 Å². The van der Waals surface area contributed by atoms with Gasteiger partial charge in [-0.3, -0.25) is 0 Å². The molecule has 78 valence electrons. The van der Waals surface area contributed by atoms with E-state index < -0.39 is 0 Å². The molecule has 0 radical (unpaired) electrons. The van der Waals surface area contributed by atoms with Crippen LogP contribution in [-0.2, 0) is 19.6 Å². The van der Waals surface area contributed by atoms with Gasteiger partial charge in [0.15, 0.2) is 0 Å². The smallest absolute Gasteiger partial charge is 0.0486 e. The number of nitrogens with zero attached hydrogens (tertiary/aromatic N) is 1. The first-order chi connectivity index (χ1) is 7.40. The van der Waals surface area contributed by atoms with Crippen LogP contribution in [0.15, 0.2) is 24.4 Å². The Hall–Kier alpha value is -1.28. The molecule has 1 aromatic heterocycles. The summed E-state index contributed by atoms with van der Waals surface area (Å²) in [5.74, 6) is 0. The van der Waals surface area contributed by atoms with Crippen molar-refractivity contribution >= 4 is 10.9 Å². The Kier molecular flexibility index (Phi) is 2.03. The van der Waals surface area contributed by atoms with Crippen LogP contribution < -0.4 is 5.32 Å². The van der Waals surface area contributed by atoms with E-state index >= 15 is 0 Å². The maximum absolute atomic E-state index is 3.44. The summed E-state index contributed by atoms with van der Waals surface area (Å²) in [5.41, 5.74) is 4.31. The lowest BCUT2D eigenvalue weighted by Gasteiger charge is -2.13. The first-order valence-electron chi connectivity index (χ1n) is 5.70. The predicted octanol–water partition coefficient (Wildman–Crippen LogP) is 2.65. The summed E-state index contributed by atoms with van der Waals surface area (Å²) in [7, 11) is 0. The predicted molar refractivity (Wildman–Crippen MR) is 62.8 cm³/mol. The second-order valence-electron chi connectivity index (χ2n) is 4.26. The topological polar surface area (TPSA) is 17.0 Å². The second kappa shape index (κ2) is 3.38. The highest BCUT2D eigenvalue weighted by molar-refractivity contribution is 5.88. The Bertz CT molecular complexity index is 496. The zero-order chi connectivity index (χ0) is 10.3. The average Bonchev–Trinajstić information content (AvgIpc) is 2.61. The van der Waals surface area contributed by atoms with Crippen LogP contribution >= 0.6 is 0 Å². The average molecular weight is 200 g/mol. The fourth-order valence-corrected chi connectivity index (χ4v) is 2.56. The molecule has 2 heteroatoms. The first-order valence-corrected chi connectivity index (χ1v) is 5.70. The first kappa shape index (κ1) is 8.98. The van der Waals surface area contributed by atoms with Gasteiger partial charge in [-0.25, -0.2) is 0 Å². The highest BCUT2D eigenvalue weighted by Crippen LogP contribution is 2.28. The third kappa shape index (κ3) is 1.29. The summed E-state index contributed by atoms with van der Waals surface area (Å²) >= 11 is 0. The van der Waals surface area contributed by atoms with E-state index in [4.69, 9.17) is 0 Å². The number of rotatable bonds is 2. The van der Waals surface area contributed by atoms with E-state index in [0.717, 1.165) is 19.6 Å². The zero-order valence-electron chi connectivity index (χ0n) is 9.09. The van der Waals surface area contributed by atoms with Gasteiger partial charge in [-0.15, -0.1) is 0 Å². The van der Waals surface area contributed by atoms with Gasteiger partial charge in [-0.05, 0) is 23.6 Å². The molecule has 1 aliphatic heterocycles. The minimum absolute atomic E-state index is 1.01. The molecule has 1 N–H and O–H groups in total. The normalized spacial score (nSPS) is 14.7. The van der Waals surface area contributed by atoms with E-state index in [1.165, 1.54) is 28.5 Å². The molecule has 1 aromatic carbocycles. The summed E-state index contributed by atoms with van der Waals surface area (Å²) in [5, 5.41) is 4.93. The van der Waals surface area contributed by atoms with Gasteiger partial charge in [0.25, 0.3) is 0 Å². The molecule has 0 aliphatic carbocycles. The number of hydrogen-bond acceptors (Lipinski definition) is 1. The molecule has 0 bridgehead atoms. The molecule has 0 saturated carbocycles. The lowest BCUT2D eigenvalue weighted by molar-refractivity contribution is 0.673. The van der Waals surface area contributed by atoms with E-state index in [9.17, 15) is 0 Å². The minimum Gasteiger partial charge on any atom is -0.347 e. The summed E-state index contributed by atoms with van der Waals surface area (Å²) in [6, 6.07) is 6.64. The highest BCUT2D eigenvalue weighted by atomic mass is 15.0. The summed E-state index contributed by atoms with van der Waals surface area (Å²) in [4.78, 5) is 0.